The van der Waals surface area contributed by atoms with Gasteiger partial charge in [0.15, 0.2) is 0 Å². The van der Waals surface area contributed by atoms with Crippen LogP contribution in [0.1, 0.15) is 5.56 Å². The van der Waals surface area contributed by atoms with Crippen molar-refractivity contribution in [3.63, 3.8) is 0 Å². The van der Waals surface area contributed by atoms with Gasteiger partial charge in [-0.1, -0.05) is 36.4 Å². The van der Waals surface area contributed by atoms with Gasteiger partial charge in [0.2, 0.25) is 5.78 Å². The Bertz CT molecular complexity index is 451. The average molecular weight is 233 g/mol. The van der Waals surface area contributed by atoms with Gasteiger partial charge >= 0.3 is 5.97 Å². The molecule has 2 N–H and O–H groups in total. The summed E-state index contributed by atoms with van der Waals surface area (Å²) < 4.78 is 0. The molecule has 0 unspecified atom stereocenters. The van der Waals surface area contributed by atoms with Crippen LogP contribution in [0.5, 0.6) is 0 Å². The zero-order chi connectivity index (χ0) is 12.7. The molecule has 0 heterocycles. The summed E-state index contributed by atoms with van der Waals surface area (Å²) in [6.07, 6.45) is 2.59. The Morgan fingerprint density at radius 1 is 1.18 bits per heavy atom. The van der Waals surface area contributed by atoms with Gasteiger partial charge in [-0.15, -0.1) is 0 Å². The highest BCUT2D eigenvalue weighted by Gasteiger charge is 2.10. The van der Waals surface area contributed by atoms with E-state index in [1.54, 1.807) is 24.3 Å². The predicted molar refractivity (Wildman–Crippen MR) is 61.1 cm³/mol. The van der Waals surface area contributed by atoms with Crippen LogP contribution in [-0.2, 0) is 14.4 Å². The molecule has 1 aromatic rings. The van der Waals surface area contributed by atoms with Gasteiger partial charge in [-0.05, 0) is 11.6 Å². The van der Waals surface area contributed by atoms with Gasteiger partial charge in [0.05, 0.1) is 0 Å². The van der Waals surface area contributed by atoms with E-state index in [9.17, 15) is 14.4 Å². The molecule has 0 bridgehead atoms. The number of carbonyl (C=O) groups excluding carboxylic acids is 2. The lowest BCUT2D eigenvalue weighted by atomic mass is 10.2. The molecule has 0 spiro atoms. The lowest BCUT2D eigenvalue weighted by Crippen LogP contribution is -2.33. The molecule has 5 nitrogen and oxygen atoms in total. The molecule has 0 aromatic heterocycles. The van der Waals surface area contributed by atoms with Crippen molar-refractivity contribution >= 4 is 23.7 Å². The smallest absolute Gasteiger partial charge is 0.322 e. The number of aliphatic carboxylic acids is 1. The van der Waals surface area contributed by atoms with Crippen LogP contribution < -0.4 is 5.32 Å². The molecule has 0 atom stereocenters. The van der Waals surface area contributed by atoms with Crippen molar-refractivity contribution in [2.24, 2.45) is 0 Å². The maximum absolute atomic E-state index is 11.2. The summed E-state index contributed by atoms with van der Waals surface area (Å²) in [5, 5.41) is 10.3. The molecule has 0 saturated heterocycles. The fraction of sp³-hybridized carbons (Fsp3) is 0.0833. The fourth-order valence-corrected chi connectivity index (χ4v) is 1.05. The van der Waals surface area contributed by atoms with E-state index in [0.29, 0.717) is 0 Å². The molecular weight excluding hydrogens is 222 g/mol. The molecule has 0 aliphatic carbocycles. The standard InChI is InChI=1S/C12H11NO4/c14-10(12(17)13-8-11(15)16)7-6-9-4-2-1-3-5-9/h1-7H,8H2,(H,13,17)(H,15,16). The Morgan fingerprint density at radius 3 is 2.41 bits per heavy atom. The van der Waals surface area contributed by atoms with Crippen molar-refractivity contribution < 1.29 is 19.5 Å². The lowest BCUT2D eigenvalue weighted by molar-refractivity contribution is -0.140. The van der Waals surface area contributed by atoms with Crippen molar-refractivity contribution in [3.8, 4) is 0 Å². The van der Waals surface area contributed by atoms with Crippen LogP contribution in [0.4, 0.5) is 0 Å². The summed E-state index contributed by atoms with van der Waals surface area (Å²) in [7, 11) is 0. The van der Waals surface area contributed by atoms with Gasteiger partial charge in [-0.2, -0.15) is 0 Å². The van der Waals surface area contributed by atoms with Gasteiger partial charge in [0.25, 0.3) is 5.91 Å². The second kappa shape index (κ2) is 6.22. The number of carbonyl (C=O) groups is 3. The Labute approximate surface area is 97.8 Å². The van der Waals surface area contributed by atoms with Crippen LogP contribution in [0, 0.1) is 0 Å². The molecule has 0 fully saturated rings. The van der Waals surface area contributed by atoms with Crippen LogP contribution in [0.15, 0.2) is 36.4 Å². The van der Waals surface area contributed by atoms with E-state index in [1.165, 1.54) is 6.08 Å². The second-order valence-electron chi connectivity index (χ2n) is 3.18. The zero-order valence-electron chi connectivity index (χ0n) is 8.92. The largest absolute Gasteiger partial charge is 0.480 e. The number of benzene rings is 1. The summed E-state index contributed by atoms with van der Waals surface area (Å²) in [5.41, 5.74) is 0.784. The zero-order valence-corrected chi connectivity index (χ0v) is 8.92. The first kappa shape index (κ1) is 12.6. The lowest BCUT2D eigenvalue weighted by Gasteiger charge is -1.97. The maximum atomic E-state index is 11.2. The number of nitrogens with one attached hydrogen (secondary N) is 1. The van der Waals surface area contributed by atoms with Crippen LogP contribution in [0.25, 0.3) is 6.08 Å². The van der Waals surface area contributed by atoms with Crippen LogP contribution in [-0.4, -0.2) is 29.3 Å². The third kappa shape index (κ3) is 4.74. The summed E-state index contributed by atoms with van der Waals surface area (Å²) >= 11 is 0. The first-order valence-corrected chi connectivity index (χ1v) is 4.86. The van der Waals surface area contributed by atoms with E-state index < -0.39 is 24.2 Å². The fourth-order valence-electron chi connectivity index (χ4n) is 1.05. The van der Waals surface area contributed by atoms with Crippen LogP contribution in [0.2, 0.25) is 0 Å². The summed E-state index contributed by atoms with van der Waals surface area (Å²) in [6.45, 7) is -0.566. The quantitative estimate of drug-likeness (QED) is 0.572. The Morgan fingerprint density at radius 2 is 1.82 bits per heavy atom. The predicted octanol–water partition coefficient (Wildman–Crippen LogP) is 0.470. The highest BCUT2D eigenvalue weighted by atomic mass is 16.4. The van der Waals surface area contributed by atoms with E-state index in [0.717, 1.165) is 11.6 Å². The van der Waals surface area contributed by atoms with E-state index in [2.05, 4.69) is 0 Å². The topological polar surface area (TPSA) is 83.5 Å². The molecule has 5 heteroatoms. The molecule has 0 aliphatic heterocycles. The Kier molecular flexibility index (Phi) is 4.62. The van der Waals surface area contributed by atoms with Crippen molar-refractivity contribution in [3.05, 3.63) is 42.0 Å². The maximum Gasteiger partial charge on any atom is 0.322 e. The van der Waals surface area contributed by atoms with Gasteiger partial charge in [0, 0.05) is 0 Å². The second-order valence-corrected chi connectivity index (χ2v) is 3.18. The van der Waals surface area contributed by atoms with E-state index in [4.69, 9.17) is 5.11 Å². The minimum absolute atomic E-state index is 0.566. The summed E-state index contributed by atoms with van der Waals surface area (Å²) in [4.78, 5) is 32.5. The molecule has 1 aromatic carbocycles. The number of carboxylic acids is 1. The van der Waals surface area contributed by atoms with Gasteiger partial charge < -0.3 is 10.4 Å². The molecule has 1 amide bonds. The van der Waals surface area contributed by atoms with Crippen molar-refractivity contribution in [1.29, 1.82) is 0 Å². The third-order valence-corrected chi connectivity index (χ3v) is 1.85. The highest BCUT2D eigenvalue weighted by Crippen LogP contribution is 2.00. The molecule has 88 valence electrons. The Hall–Kier alpha value is -2.43. The number of hydrogen-bond acceptors (Lipinski definition) is 3. The highest BCUT2D eigenvalue weighted by molar-refractivity contribution is 6.41. The number of rotatable bonds is 5. The van der Waals surface area contributed by atoms with Crippen LogP contribution >= 0.6 is 0 Å². The first-order chi connectivity index (χ1) is 8.09. The number of hydrogen-bond donors (Lipinski definition) is 2. The minimum Gasteiger partial charge on any atom is -0.480 e. The summed E-state index contributed by atoms with van der Waals surface area (Å²) in [5.74, 6) is -2.91. The minimum atomic E-state index is -1.20. The van der Waals surface area contributed by atoms with Crippen molar-refractivity contribution in [1.82, 2.24) is 5.32 Å². The number of ketones is 1. The third-order valence-electron chi connectivity index (χ3n) is 1.85. The van der Waals surface area contributed by atoms with Crippen molar-refractivity contribution in [2.45, 2.75) is 0 Å². The van der Waals surface area contributed by atoms with Gasteiger partial charge in [-0.3, -0.25) is 14.4 Å². The van der Waals surface area contributed by atoms with E-state index in [-0.39, 0.29) is 0 Å². The molecule has 17 heavy (non-hydrogen) atoms. The van der Waals surface area contributed by atoms with E-state index >= 15 is 0 Å². The molecule has 1 rings (SSSR count). The van der Waals surface area contributed by atoms with Crippen LogP contribution in [0.3, 0.4) is 0 Å². The first-order valence-electron chi connectivity index (χ1n) is 4.86. The molecule has 0 saturated carbocycles. The molecule has 0 aliphatic rings. The number of amides is 1. The molecular formula is C12H11NO4. The molecule has 0 radical (unpaired) electrons. The number of carboxylic acid groups (broad SMARTS) is 1. The summed E-state index contributed by atoms with van der Waals surface area (Å²) in [6, 6.07) is 8.99. The van der Waals surface area contributed by atoms with Crippen molar-refractivity contribution in [2.75, 3.05) is 6.54 Å². The average Bonchev–Trinajstić information content (AvgIpc) is 2.34. The van der Waals surface area contributed by atoms with Gasteiger partial charge in [0.1, 0.15) is 6.54 Å². The normalized spacial score (nSPS) is 10.1. The van der Waals surface area contributed by atoms with E-state index in [1.807, 2.05) is 11.4 Å². The Balaban J connectivity index is 2.52. The SMILES string of the molecule is O=C(O)CNC(=O)C(=O)C=Cc1ccccc1. The van der Waals surface area contributed by atoms with Gasteiger partial charge in [-0.25, -0.2) is 0 Å². The monoisotopic (exact) mass is 233 g/mol.